The first-order valence-corrected chi connectivity index (χ1v) is 8.62. The summed E-state index contributed by atoms with van der Waals surface area (Å²) >= 11 is 1.49. The van der Waals surface area contributed by atoms with E-state index in [9.17, 15) is 4.79 Å². The van der Waals surface area contributed by atoms with Gasteiger partial charge in [0.25, 0.3) is 5.91 Å². The minimum Gasteiger partial charge on any atom is -0.298 e. The Bertz CT molecular complexity index is 1040. The normalized spacial score (nSPS) is 10.9. The zero-order chi connectivity index (χ0) is 17.2. The zero-order valence-corrected chi connectivity index (χ0v) is 14.3. The lowest BCUT2D eigenvalue weighted by Gasteiger charge is -1.99. The van der Waals surface area contributed by atoms with E-state index in [4.69, 9.17) is 0 Å². The third-order valence-corrected chi connectivity index (χ3v) is 4.92. The van der Waals surface area contributed by atoms with Gasteiger partial charge in [-0.15, -0.1) is 11.3 Å². The van der Waals surface area contributed by atoms with Gasteiger partial charge in [-0.2, -0.15) is 5.10 Å². The van der Waals surface area contributed by atoms with Gasteiger partial charge < -0.3 is 0 Å². The number of amides is 1. The van der Waals surface area contributed by atoms with E-state index in [-0.39, 0.29) is 5.91 Å². The summed E-state index contributed by atoms with van der Waals surface area (Å²) in [6.07, 6.45) is 5.71. The van der Waals surface area contributed by atoms with E-state index >= 15 is 0 Å². The van der Waals surface area contributed by atoms with Crippen LogP contribution in [0.3, 0.4) is 0 Å². The Morgan fingerprint density at radius 3 is 2.92 bits per heavy atom. The highest BCUT2D eigenvalue weighted by Crippen LogP contribution is 2.25. The number of benzene rings is 1. The van der Waals surface area contributed by atoms with E-state index in [0.29, 0.717) is 16.3 Å². The lowest BCUT2D eigenvalue weighted by Crippen LogP contribution is -2.11. The van der Waals surface area contributed by atoms with Gasteiger partial charge in [0.2, 0.25) is 0 Å². The van der Waals surface area contributed by atoms with Crippen LogP contribution >= 0.6 is 11.3 Å². The zero-order valence-electron chi connectivity index (χ0n) is 13.5. The number of hydrogen-bond donors (Lipinski definition) is 1. The Hall–Kier alpha value is -3.06. The molecule has 6 nitrogen and oxygen atoms in total. The first-order valence-electron chi connectivity index (χ1n) is 7.80. The van der Waals surface area contributed by atoms with Crippen molar-refractivity contribution in [1.82, 2.24) is 19.6 Å². The highest BCUT2D eigenvalue weighted by atomic mass is 32.1. The molecule has 1 amide bonds. The van der Waals surface area contributed by atoms with Crippen LogP contribution in [0, 0.1) is 6.92 Å². The van der Waals surface area contributed by atoms with E-state index in [2.05, 4.69) is 32.5 Å². The number of aryl methyl sites for hydroxylation is 1. The molecule has 0 aliphatic rings. The molecular weight excluding hydrogens is 334 g/mol. The van der Waals surface area contributed by atoms with Crippen LogP contribution < -0.4 is 5.32 Å². The molecule has 1 aromatic carbocycles. The molecule has 3 aromatic heterocycles. The van der Waals surface area contributed by atoms with Gasteiger partial charge in [-0.1, -0.05) is 30.3 Å². The van der Waals surface area contributed by atoms with E-state index in [1.54, 1.807) is 23.0 Å². The largest absolute Gasteiger partial charge is 0.298 e. The third-order valence-electron chi connectivity index (χ3n) is 3.84. The SMILES string of the molecule is Cc1nc(NC(=O)c2cnn3cccnc23)sc1Cc1ccccc1. The number of thiazole rings is 1. The monoisotopic (exact) mass is 349 g/mol. The summed E-state index contributed by atoms with van der Waals surface area (Å²) in [6, 6.07) is 12.0. The summed E-state index contributed by atoms with van der Waals surface area (Å²) < 4.78 is 1.57. The van der Waals surface area contributed by atoms with Gasteiger partial charge in [-0.3, -0.25) is 10.1 Å². The molecule has 1 N–H and O–H groups in total. The van der Waals surface area contributed by atoms with Crippen LogP contribution in [0.15, 0.2) is 55.0 Å². The third kappa shape index (κ3) is 3.14. The van der Waals surface area contributed by atoms with E-state index < -0.39 is 0 Å². The molecule has 0 bridgehead atoms. The average molecular weight is 349 g/mol. The lowest BCUT2D eigenvalue weighted by molar-refractivity contribution is 0.102. The number of fused-ring (bicyclic) bond motifs is 1. The van der Waals surface area contributed by atoms with Crippen LogP contribution in [0.2, 0.25) is 0 Å². The minimum atomic E-state index is -0.256. The Balaban J connectivity index is 1.55. The maximum Gasteiger partial charge on any atom is 0.262 e. The quantitative estimate of drug-likeness (QED) is 0.613. The van der Waals surface area contributed by atoms with Crippen molar-refractivity contribution in [1.29, 1.82) is 0 Å². The van der Waals surface area contributed by atoms with Crippen LogP contribution in [0.4, 0.5) is 5.13 Å². The number of nitrogens with one attached hydrogen (secondary N) is 1. The molecule has 4 rings (SSSR count). The molecule has 0 radical (unpaired) electrons. The number of nitrogens with zero attached hydrogens (tertiary/aromatic N) is 4. The second-order valence-corrected chi connectivity index (χ2v) is 6.67. The highest BCUT2D eigenvalue weighted by Gasteiger charge is 2.16. The van der Waals surface area contributed by atoms with Crippen molar-refractivity contribution in [3.8, 4) is 0 Å². The molecule has 7 heteroatoms. The molecule has 4 aromatic rings. The highest BCUT2D eigenvalue weighted by molar-refractivity contribution is 7.15. The lowest BCUT2D eigenvalue weighted by atomic mass is 10.1. The Morgan fingerprint density at radius 1 is 1.24 bits per heavy atom. The topological polar surface area (TPSA) is 72.2 Å². The standard InChI is InChI=1S/C18H15N5OS/c1-12-15(10-13-6-3-2-4-7-13)25-18(21-12)22-17(24)14-11-20-23-9-5-8-19-16(14)23/h2-9,11H,10H2,1H3,(H,21,22,24). The van der Waals surface area contributed by atoms with Gasteiger partial charge >= 0.3 is 0 Å². The summed E-state index contributed by atoms with van der Waals surface area (Å²) in [5.74, 6) is -0.256. The van der Waals surface area contributed by atoms with Crippen LogP contribution in [-0.4, -0.2) is 25.5 Å². The molecule has 0 atom stereocenters. The molecule has 25 heavy (non-hydrogen) atoms. The molecule has 0 saturated carbocycles. The molecule has 0 unspecified atom stereocenters. The summed E-state index contributed by atoms with van der Waals surface area (Å²) in [4.78, 5) is 22.3. The fourth-order valence-corrected chi connectivity index (χ4v) is 3.57. The van der Waals surface area contributed by atoms with Gasteiger partial charge in [0.15, 0.2) is 10.8 Å². The van der Waals surface area contributed by atoms with Crippen LogP contribution in [0.25, 0.3) is 5.65 Å². The summed E-state index contributed by atoms with van der Waals surface area (Å²) in [7, 11) is 0. The Kier molecular flexibility index (Phi) is 3.99. The van der Waals surface area contributed by atoms with Gasteiger partial charge in [0.1, 0.15) is 5.56 Å². The van der Waals surface area contributed by atoms with Crippen molar-refractivity contribution in [3.63, 3.8) is 0 Å². The number of anilines is 1. The molecule has 124 valence electrons. The molecule has 0 fully saturated rings. The smallest absolute Gasteiger partial charge is 0.262 e. The average Bonchev–Trinajstić information content (AvgIpc) is 3.19. The predicted molar refractivity (Wildman–Crippen MR) is 97.0 cm³/mol. The molecule has 0 spiro atoms. The molecule has 0 aliphatic carbocycles. The number of rotatable bonds is 4. The fourth-order valence-electron chi connectivity index (χ4n) is 2.58. The van der Waals surface area contributed by atoms with Crippen molar-refractivity contribution >= 4 is 28.0 Å². The van der Waals surface area contributed by atoms with E-state index in [1.165, 1.54) is 23.1 Å². The summed E-state index contributed by atoms with van der Waals surface area (Å²) in [6.45, 7) is 1.96. The Labute approximate surface area is 148 Å². The summed E-state index contributed by atoms with van der Waals surface area (Å²) in [5.41, 5.74) is 3.11. The van der Waals surface area contributed by atoms with Crippen LogP contribution in [-0.2, 0) is 6.42 Å². The number of carbonyl (C=O) groups excluding carboxylic acids is 1. The van der Waals surface area contributed by atoms with Crippen molar-refractivity contribution in [3.05, 3.63) is 76.7 Å². The number of aromatic nitrogens is 4. The predicted octanol–water partition coefficient (Wildman–Crippen LogP) is 3.34. The van der Waals surface area contributed by atoms with E-state index in [1.807, 2.05) is 25.1 Å². The first kappa shape index (κ1) is 15.5. The van der Waals surface area contributed by atoms with Crippen LogP contribution in [0.5, 0.6) is 0 Å². The first-order chi connectivity index (χ1) is 12.2. The van der Waals surface area contributed by atoms with Gasteiger partial charge in [-0.25, -0.2) is 14.5 Å². The van der Waals surface area contributed by atoms with Crippen molar-refractivity contribution < 1.29 is 4.79 Å². The molecular formula is C18H15N5OS. The Morgan fingerprint density at radius 2 is 2.08 bits per heavy atom. The number of hydrogen-bond acceptors (Lipinski definition) is 5. The second-order valence-electron chi connectivity index (χ2n) is 5.59. The van der Waals surface area contributed by atoms with Crippen molar-refractivity contribution in [2.24, 2.45) is 0 Å². The minimum absolute atomic E-state index is 0.256. The molecule has 0 aliphatic heterocycles. The van der Waals surface area contributed by atoms with Gasteiger partial charge in [0.05, 0.1) is 11.9 Å². The van der Waals surface area contributed by atoms with E-state index in [0.717, 1.165) is 17.0 Å². The summed E-state index contributed by atoms with van der Waals surface area (Å²) in [5, 5.41) is 7.58. The van der Waals surface area contributed by atoms with Crippen molar-refractivity contribution in [2.45, 2.75) is 13.3 Å². The van der Waals surface area contributed by atoms with Gasteiger partial charge in [0, 0.05) is 23.7 Å². The molecule has 3 heterocycles. The fraction of sp³-hybridized carbons (Fsp3) is 0.111. The van der Waals surface area contributed by atoms with Crippen molar-refractivity contribution in [2.75, 3.05) is 5.32 Å². The maximum absolute atomic E-state index is 12.5. The molecule has 0 saturated heterocycles. The number of carbonyl (C=O) groups is 1. The van der Waals surface area contributed by atoms with Gasteiger partial charge in [-0.05, 0) is 18.6 Å². The second kappa shape index (κ2) is 6.45. The maximum atomic E-state index is 12.5. The van der Waals surface area contributed by atoms with Crippen LogP contribution in [0.1, 0.15) is 26.5 Å².